The molecule has 2 rings (SSSR count). The number of allylic oxidation sites excluding steroid dienone is 1. The Kier molecular flexibility index (Phi) is 6.01. The summed E-state index contributed by atoms with van der Waals surface area (Å²) in [7, 11) is 0. The van der Waals surface area contributed by atoms with Gasteiger partial charge in [0.15, 0.2) is 0 Å². The van der Waals surface area contributed by atoms with Crippen molar-refractivity contribution in [3.8, 4) is 0 Å². The van der Waals surface area contributed by atoms with Crippen LogP contribution in [0.15, 0.2) is 11.6 Å². The molecule has 0 bridgehead atoms. The van der Waals surface area contributed by atoms with Gasteiger partial charge < -0.3 is 14.7 Å². The second-order valence-electron chi connectivity index (χ2n) is 7.14. The Bertz CT molecular complexity index is 410. The van der Waals surface area contributed by atoms with Crippen LogP contribution < -0.4 is 0 Å². The first-order chi connectivity index (χ1) is 10.4. The highest BCUT2D eigenvalue weighted by Crippen LogP contribution is 2.26. The molecule has 22 heavy (non-hydrogen) atoms. The van der Waals surface area contributed by atoms with Crippen LogP contribution in [0.25, 0.3) is 0 Å². The van der Waals surface area contributed by atoms with Crippen LogP contribution >= 0.6 is 0 Å². The number of morpholine rings is 1. The SMILES string of the molecule is CC(C)=CC(=O)N1C[C@@H](CN2C[C@@H](C)O[C@@H](C)C2)[C@@H](CO)C1. The van der Waals surface area contributed by atoms with Gasteiger partial charge in [-0.3, -0.25) is 9.69 Å². The lowest BCUT2D eigenvalue weighted by Crippen LogP contribution is -2.48. The number of aliphatic hydroxyl groups is 1. The maximum absolute atomic E-state index is 12.2. The number of likely N-dealkylation sites (tertiary alicyclic amines) is 1. The molecule has 126 valence electrons. The van der Waals surface area contributed by atoms with E-state index in [2.05, 4.69) is 18.7 Å². The van der Waals surface area contributed by atoms with Gasteiger partial charge in [0.1, 0.15) is 0 Å². The Balaban J connectivity index is 1.95. The van der Waals surface area contributed by atoms with E-state index in [1.165, 1.54) is 0 Å². The van der Waals surface area contributed by atoms with Gasteiger partial charge in [0.2, 0.25) is 5.91 Å². The summed E-state index contributed by atoms with van der Waals surface area (Å²) < 4.78 is 5.77. The highest BCUT2D eigenvalue weighted by Gasteiger charge is 2.36. The molecule has 0 aromatic heterocycles. The third-order valence-electron chi connectivity index (χ3n) is 4.52. The first kappa shape index (κ1) is 17.4. The number of hydrogen-bond acceptors (Lipinski definition) is 4. The lowest BCUT2D eigenvalue weighted by atomic mass is 9.96. The third-order valence-corrected chi connectivity index (χ3v) is 4.52. The van der Waals surface area contributed by atoms with Crippen LogP contribution in [-0.4, -0.2) is 72.4 Å². The molecule has 0 aromatic rings. The van der Waals surface area contributed by atoms with Gasteiger partial charge in [0.25, 0.3) is 0 Å². The highest BCUT2D eigenvalue weighted by molar-refractivity contribution is 5.88. The van der Waals surface area contributed by atoms with Crippen LogP contribution in [0.3, 0.4) is 0 Å². The molecule has 2 saturated heterocycles. The molecule has 0 aromatic carbocycles. The lowest BCUT2D eigenvalue weighted by molar-refractivity contribution is -0.125. The van der Waals surface area contributed by atoms with Crippen molar-refractivity contribution < 1.29 is 14.6 Å². The summed E-state index contributed by atoms with van der Waals surface area (Å²) in [6.07, 6.45) is 2.19. The summed E-state index contributed by atoms with van der Waals surface area (Å²) in [5, 5.41) is 9.65. The molecule has 4 atom stereocenters. The highest BCUT2D eigenvalue weighted by atomic mass is 16.5. The smallest absolute Gasteiger partial charge is 0.246 e. The van der Waals surface area contributed by atoms with E-state index in [4.69, 9.17) is 4.74 Å². The van der Waals surface area contributed by atoms with Gasteiger partial charge in [-0.25, -0.2) is 0 Å². The van der Waals surface area contributed by atoms with Crippen molar-refractivity contribution >= 4 is 5.91 Å². The van der Waals surface area contributed by atoms with Gasteiger partial charge in [-0.1, -0.05) is 5.57 Å². The van der Waals surface area contributed by atoms with Gasteiger partial charge in [0.05, 0.1) is 12.2 Å². The first-order valence-corrected chi connectivity index (χ1v) is 8.31. The van der Waals surface area contributed by atoms with Crippen molar-refractivity contribution in [2.75, 3.05) is 39.3 Å². The lowest BCUT2D eigenvalue weighted by Gasteiger charge is -2.37. The van der Waals surface area contributed by atoms with E-state index in [9.17, 15) is 9.90 Å². The van der Waals surface area contributed by atoms with E-state index in [0.717, 1.165) is 31.8 Å². The molecular weight excluding hydrogens is 280 g/mol. The van der Waals surface area contributed by atoms with E-state index in [1.807, 2.05) is 18.7 Å². The second-order valence-corrected chi connectivity index (χ2v) is 7.14. The molecule has 0 spiro atoms. The summed E-state index contributed by atoms with van der Waals surface area (Å²) >= 11 is 0. The fourth-order valence-electron chi connectivity index (χ4n) is 3.64. The number of carbonyl (C=O) groups is 1. The minimum atomic E-state index is 0.0738. The van der Waals surface area contributed by atoms with Crippen LogP contribution in [0.2, 0.25) is 0 Å². The van der Waals surface area contributed by atoms with Gasteiger partial charge in [-0.2, -0.15) is 0 Å². The molecule has 1 N–H and O–H groups in total. The maximum Gasteiger partial charge on any atom is 0.246 e. The standard InChI is InChI=1S/C17H30N2O3/c1-12(2)5-17(21)19-9-15(16(10-19)11-20)8-18-6-13(3)22-14(4)7-18/h5,13-16,20H,6-11H2,1-4H3/t13-,14+,15-,16-/m1/s1. The molecule has 0 radical (unpaired) electrons. The summed E-state index contributed by atoms with van der Waals surface area (Å²) in [4.78, 5) is 16.5. The molecule has 2 aliphatic heterocycles. The molecule has 5 nitrogen and oxygen atoms in total. The van der Waals surface area contributed by atoms with Gasteiger partial charge in [0, 0.05) is 51.3 Å². The van der Waals surface area contributed by atoms with Crippen molar-refractivity contribution in [3.63, 3.8) is 0 Å². The van der Waals surface area contributed by atoms with Crippen LogP contribution in [0.4, 0.5) is 0 Å². The van der Waals surface area contributed by atoms with Gasteiger partial charge >= 0.3 is 0 Å². The van der Waals surface area contributed by atoms with Crippen LogP contribution in [0.1, 0.15) is 27.7 Å². The third kappa shape index (κ3) is 4.54. The monoisotopic (exact) mass is 310 g/mol. The molecule has 0 unspecified atom stereocenters. The first-order valence-electron chi connectivity index (χ1n) is 8.31. The van der Waals surface area contributed by atoms with Crippen LogP contribution in [0, 0.1) is 11.8 Å². The number of amides is 1. The minimum Gasteiger partial charge on any atom is -0.396 e. The van der Waals surface area contributed by atoms with E-state index in [1.54, 1.807) is 6.08 Å². The quantitative estimate of drug-likeness (QED) is 0.791. The zero-order valence-corrected chi connectivity index (χ0v) is 14.3. The number of carbonyl (C=O) groups excluding carboxylic acids is 1. The Hall–Kier alpha value is -0.910. The average Bonchev–Trinajstić information content (AvgIpc) is 2.79. The Labute approximate surface area is 133 Å². The molecule has 5 heteroatoms. The van der Waals surface area contributed by atoms with Crippen LogP contribution in [0.5, 0.6) is 0 Å². The summed E-state index contributed by atoms with van der Waals surface area (Å²) in [5.41, 5.74) is 1.02. The fourth-order valence-corrected chi connectivity index (χ4v) is 3.64. The maximum atomic E-state index is 12.2. The Morgan fingerprint density at radius 2 is 1.73 bits per heavy atom. The topological polar surface area (TPSA) is 53.0 Å². The van der Waals surface area contributed by atoms with Crippen molar-refractivity contribution in [2.45, 2.75) is 39.9 Å². The van der Waals surface area contributed by atoms with Crippen molar-refractivity contribution in [1.82, 2.24) is 9.80 Å². The fraction of sp³-hybridized carbons (Fsp3) is 0.824. The van der Waals surface area contributed by atoms with Crippen LogP contribution in [-0.2, 0) is 9.53 Å². The molecule has 0 aliphatic carbocycles. The zero-order valence-electron chi connectivity index (χ0n) is 14.3. The normalized spacial score (nSPS) is 33.0. The molecule has 2 aliphatic rings. The van der Waals surface area contributed by atoms with Gasteiger partial charge in [-0.15, -0.1) is 0 Å². The van der Waals surface area contributed by atoms with Crippen molar-refractivity contribution in [1.29, 1.82) is 0 Å². The molecule has 1 amide bonds. The summed E-state index contributed by atoms with van der Waals surface area (Å²) in [5.74, 6) is 0.602. The number of nitrogens with zero attached hydrogens (tertiary/aromatic N) is 2. The summed E-state index contributed by atoms with van der Waals surface area (Å²) in [6.45, 7) is 12.4. The molecule has 2 fully saturated rings. The molecule has 2 heterocycles. The van der Waals surface area contributed by atoms with E-state index >= 15 is 0 Å². The Morgan fingerprint density at radius 3 is 2.27 bits per heavy atom. The van der Waals surface area contributed by atoms with Crippen molar-refractivity contribution in [2.24, 2.45) is 11.8 Å². The van der Waals surface area contributed by atoms with E-state index < -0.39 is 0 Å². The van der Waals surface area contributed by atoms with E-state index in [0.29, 0.717) is 12.5 Å². The zero-order chi connectivity index (χ0) is 16.3. The Morgan fingerprint density at radius 1 is 1.14 bits per heavy atom. The number of hydrogen-bond donors (Lipinski definition) is 1. The number of aliphatic hydroxyl groups excluding tert-OH is 1. The molecule has 0 saturated carbocycles. The average molecular weight is 310 g/mol. The summed E-state index contributed by atoms with van der Waals surface area (Å²) in [6, 6.07) is 0. The van der Waals surface area contributed by atoms with Gasteiger partial charge in [-0.05, 0) is 33.6 Å². The number of ether oxygens (including phenoxy) is 1. The van der Waals surface area contributed by atoms with E-state index in [-0.39, 0.29) is 30.6 Å². The largest absolute Gasteiger partial charge is 0.396 e. The number of rotatable bonds is 4. The predicted octanol–water partition coefficient (Wildman–Crippen LogP) is 1.13. The predicted molar refractivity (Wildman–Crippen MR) is 86.5 cm³/mol. The minimum absolute atomic E-state index is 0.0738. The van der Waals surface area contributed by atoms with Crippen molar-refractivity contribution in [3.05, 3.63) is 11.6 Å². The molecular formula is C17H30N2O3. The second kappa shape index (κ2) is 7.57.